The van der Waals surface area contributed by atoms with E-state index in [-0.39, 0.29) is 0 Å². The molecular formula is C8H11N5. The van der Waals surface area contributed by atoms with Gasteiger partial charge in [0.05, 0.1) is 0 Å². The SMILES string of the molecule is Cn1ccnc1C=CCCN=[N+]=[N-]. The van der Waals surface area contributed by atoms with Gasteiger partial charge in [-0.25, -0.2) is 4.98 Å². The molecule has 5 nitrogen and oxygen atoms in total. The molecule has 1 rings (SSSR count). The van der Waals surface area contributed by atoms with Gasteiger partial charge in [0.1, 0.15) is 5.82 Å². The molecule has 0 radical (unpaired) electrons. The monoisotopic (exact) mass is 177 g/mol. The molecule has 13 heavy (non-hydrogen) atoms. The molecule has 0 saturated carbocycles. The average molecular weight is 177 g/mol. The van der Waals surface area contributed by atoms with Crippen LogP contribution in [0.4, 0.5) is 0 Å². The van der Waals surface area contributed by atoms with Crippen molar-refractivity contribution in [3.05, 3.63) is 34.7 Å². The highest BCUT2D eigenvalue weighted by atomic mass is 15.1. The lowest BCUT2D eigenvalue weighted by Gasteiger charge is -1.92. The van der Waals surface area contributed by atoms with Crippen LogP contribution in [0.25, 0.3) is 16.5 Å². The fourth-order valence-corrected chi connectivity index (χ4v) is 0.903. The van der Waals surface area contributed by atoms with Gasteiger partial charge < -0.3 is 4.57 Å². The van der Waals surface area contributed by atoms with E-state index in [1.54, 1.807) is 6.20 Å². The van der Waals surface area contributed by atoms with Crippen LogP contribution in [0.15, 0.2) is 23.6 Å². The maximum Gasteiger partial charge on any atom is 0.131 e. The van der Waals surface area contributed by atoms with Crippen molar-refractivity contribution in [1.82, 2.24) is 9.55 Å². The number of imidazole rings is 1. The first-order valence-corrected chi connectivity index (χ1v) is 3.99. The zero-order valence-electron chi connectivity index (χ0n) is 7.46. The second-order valence-electron chi connectivity index (χ2n) is 2.54. The van der Waals surface area contributed by atoms with Gasteiger partial charge in [-0.15, -0.1) is 0 Å². The number of aromatic nitrogens is 2. The Labute approximate surface area is 76.3 Å². The minimum absolute atomic E-state index is 0.497. The highest BCUT2D eigenvalue weighted by Gasteiger charge is 1.90. The van der Waals surface area contributed by atoms with Gasteiger partial charge in [0.15, 0.2) is 0 Å². The van der Waals surface area contributed by atoms with E-state index in [2.05, 4.69) is 15.0 Å². The molecule has 68 valence electrons. The van der Waals surface area contributed by atoms with Crippen LogP contribution in [0.1, 0.15) is 12.2 Å². The van der Waals surface area contributed by atoms with Gasteiger partial charge in [-0.2, -0.15) is 0 Å². The number of rotatable bonds is 4. The van der Waals surface area contributed by atoms with Gasteiger partial charge >= 0.3 is 0 Å². The fraction of sp³-hybridized carbons (Fsp3) is 0.375. The largest absolute Gasteiger partial charge is 0.335 e. The average Bonchev–Trinajstić information content (AvgIpc) is 2.52. The van der Waals surface area contributed by atoms with Crippen molar-refractivity contribution >= 4 is 6.08 Å². The molecule has 1 aromatic heterocycles. The zero-order chi connectivity index (χ0) is 9.52. The van der Waals surface area contributed by atoms with Crippen LogP contribution in [-0.4, -0.2) is 16.1 Å². The quantitative estimate of drug-likeness (QED) is 0.300. The van der Waals surface area contributed by atoms with E-state index >= 15 is 0 Å². The lowest BCUT2D eigenvalue weighted by atomic mass is 10.4. The summed E-state index contributed by atoms with van der Waals surface area (Å²) in [5, 5.41) is 3.42. The molecule has 0 amide bonds. The maximum absolute atomic E-state index is 8.01. The van der Waals surface area contributed by atoms with Crippen LogP contribution in [0.3, 0.4) is 0 Å². The predicted octanol–water partition coefficient (Wildman–Crippen LogP) is 2.13. The number of nitrogens with zero attached hydrogens (tertiary/aromatic N) is 5. The molecule has 5 heteroatoms. The third-order valence-electron chi connectivity index (χ3n) is 1.58. The van der Waals surface area contributed by atoms with Crippen molar-refractivity contribution in [3.63, 3.8) is 0 Å². The lowest BCUT2D eigenvalue weighted by Crippen LogP contribution is -1.88. The third-order valence-corrected chi connectivity index (χ3v) is 1.58. The normalized spacial score (nSPS) is 10.2. The Morgan fingerprint density at radius 2 is 2.62 bits per heavy atom. The molecular weight excluding hydrogens is 166 g/mol. The van der Waals surface area contributed by atoms with E-state index in [9.17, 15) is 0 Å². The summed E-state index contributed by atoms with van der Waals surface area (Å²) in [4.78, 5) is 6.76. The summed E-state index contributed by atoms with van der Waals surface area (Å²) in [5.74, 6) is 0.904. The van der Waals surface area contributed by atoms with Crippen molar-refractivity contribution in [1.29, 1.82) is 0 Å². The molecule has 0 fully saturated rings. The van der Waals surface area contributed by atoms with Crippen LogP contribution in [-0.2, 0) is 7.05 Å². The summed E-state index contributed by atoms with van der Waals surface area (Å²) in [6.45, 7) is 0.497. The standard InChI is InChI=1S/C8H11N5/c1-13-7-6-10-8(13)4-2-3-5-11-12-9/h2,4,6-7H,3,5H2,1H3. The van der Waals surface area contributed by atoms with Crippen molar-refractivity contribution in [2.45, 2.75) is 6.42 Å². The minimum Gasteiger partial charge on any atom is -0.335 e. The first kappa shape index (κ1) is 9.35. The van der Waals surface area contributed by atoms with Gasteiger partial charge in [0, 0.05) is 30.9 Å². The molecule has 0 atom stereocenters. The number of hydrogen-bond donors (Lipinski definition) is 0. The van der Waals surface area contributed by atoms with Gasteiger partial charge in [-0.3, -0.25) is 0 Å². The second-order valence-corrected chi connectivity index (χ2v) is 2.54. The molecule has 0 aliphatic heterocycles. The van der Waals surface area contributed by atoms with Crippen LogP contribution in [0.5, 0.6) is 0 Å². The smallest absolute Gasteiger partial charge is 0.131 e. The van der Waals surface area contributed by atoms with Crippen LogP contribution in [0, 0.1) is 0 Å². The van der Waals surface area contributed by atoms with Gasteiger partial charge in [0.2, 0.25) is 0 Å². The Morgan fingerprint density at radius 1 is 1.77 bits per heavy atom. The summed E-state index contributed by atoms with van der Waals surface area (Å²) in [6.07, 6.45) is 8.22. The van der Waals surface area contributed by atoms with E-state index in [1.165, 1.54) is 0 Å². The number of aryl methyl sites for hydroxylation is 1. The molecule has 0 saturated heterocycles. The Morgan fingerprint density at radius 3 is 3.23 bits per heavy atom. The lowest BCUT2D eigenvalue weighted by molar-refractivity contribution is 0.895. The van der Waals surface area contributed by atoms with Crippen LogP contribution >= 0.6 is 0 Å². The van der Waals surface area contributed by atoms with Crippen molar-refractivity contribution in [2.24, 2.45) is 12.2 Å². The van der Waals surface area contributed by atoms with Crippen molar-refractivity contribution < 1.29 is 0 Å². The maximum atomic E-state index is 8.01. The predicted molar refractivity (Wildman–Crippen MR) is 50.9 cm³/mol. The Balaban J connectivity index is 2.40. The van der Waals surface area contributed by atoms with Gasteiger partial charge in [0.25, 0.3) is 0 Å². The Hall–Kier alpha value is -1.74. The summed E-state index contributed by atoms with van der Waals surface area (Å²) >= 11 is 0. The van der Waals surface area contributed by atoms with Crippen molar-refractivity contribution in [2.75, 3.05) is 6.54 Å². The first-order valence-electron chi connectivity index (χ1n) is 3.99. The molecule has 0 N–H and O–H groups in total. The first-order chi connectivity index (χ1) is 6.34. The summed E-state index contributed by atoms with van der Waals surface area (Å²) in [7, 11) is 1.93. The molecule has 0 aliphatic carbocycles. The highest BCUT2D eigenvalue weighted by molar-refractivity contribution is 5.39. The highest BCUT2D eigenvalue weighted by Crippen LogP contribution is 1.98. The Kier molecular flexibility index (Phi) is 3.60. The number of hydrogen-bond acceptors (Lipinski definition) is 2. The van der Waals surface area contributed by atoms with E-state index in [1.807, 2.05) is 30.0 Å². The van der Waals surface area contributed by atoms with Crippen molar-refractivity contribution in [3.8, 4) is 0 Å². The fourth-order valence-electron chi connectivity index (χ4n) is 0.903. The minimum atomic E-state index is 0.497. The molecule has 1 aromatic rings. The topological polar surface area (TPSA) is 66.6 Å². The zero-order valence-corrected chi connectivity index (χ0v) is 7.46. The van der Waals surface area contributed by atoms with E-state index in [0.717, 1.165) is 12.2 Å². The third kappa shape index (κ3) is 3.01. The van der Waals surface area contributed by atoms with E-state index in [0.29, 0.717) is 6.54 Å². The molecule has 0 aliphatic rings. The van der Waals surface area contributed by atoms with E-state index in [4.69, 9.17) is 5.53 Å². The molecule has 0 unspecified atom stereocenters. The second kappa shape index (κ2) is 5.00. The van der Waals surface area contributed by atoms with Crippen LogP contribution < -0.4 is 0 Å². The molecule has 0 bridgehead atoms. The van der Waals surface area contributed by atoms with Gasteiger partial charge in [-0.05, 0) is 18.0 Å². The molecule has 0 aromatic carbocycles. The molecule has 0 spiro atoms. The van der Waals surface area contributed by atoms with E-state index < -0.39 is 0 Å². The summed E-state index contributed by atoms with van der Waals surface area (Å²) in [5.41, 5.74) is 8.01. The summed E-state index contributed by atoms with van der Waals surface area (Å²) < 4.78 is 1.92. The van der Waals surface area contributed by atoms with Gasteiger partial charge in [-0.1, -0.05) is 11.2 Å². The molecule has 1 heterocycles. The van der Waals surface area contributed by atoms with Crippen LogP contribution in [0.2, 0.25) is 0 Å². The number of azide groups is 1. The summed E-state index contributed by atoms with van der Waals surface area (Å²) in [6, 6.07) is 0. The Bertz CT molecular complexity index is 332.